The lowest BCUT2D eigenvalue weighted by atomic mass is 9.42. The highest BCUT2D eigenvalue weighted by molar-refractivity contribution is 5.70. The number of carboxylic acids is 1. The molecule has 5 rings (SSSR count). The standard InChI is InChI=1S/C36H58O9/c1-19(2)9-8-10-20(31(42)43)21-11-16-36(7)27-22(12-15-35(21,36)6)34(5)14-13-26(38)33(3,4)25(34)17-23(27)44-32-30(41)29(40)28(39)24(18-37)45-32/h9,20-21,23-26,28-30,32,37-41H,8,10-18H2,1-7H3,(H,42,43). The number of hydrogen-bond acceptors (Lipinski definition) is 8. The number of aliphatic carboxylic acids is 1. The van der Waals surface area contributed by atoms with Crippen molar-refractivity contribution in [2.24, 2.45) is 39.4 Å². The summed E-state index contributed by atoms with van der Waals surface area (Å²) in [4.78, 5) is 12.8. The fourth-order valence-electron chi connectivity index (χ4n) is 10.8. The molecule has 9 nitrogen and oxygen atoms in total. The molecule has 2 saturated carbocycles. The summed E-state index contributed by atoms with van der Waals surface area (Å²) in [5.74, 6) is -1.14. The number of hydrogen-bond donors (Lipinski definition) is 6. The summed E-state index contributed by atoms with van der Waals surface area (Å²) in [5, 5.41) is 63.6. The molecule has 0 aromatic carbocycles. The zero-order valence-electron chi connectivity index (χ0n) is 28.3. The van der Waals surface area contributed by atoms with Gasteiger partial charge in [0.1, 0.15) is 24.4 Å². The van der Waals surface area contributed by atoms with Crippen molar-refractivity contribution in [3.05, 3.63) is 22.8 Å². The van der Waals surface area contributed by atoms with Gasteiger partial charge in [0.15, 0.2) is 6.29 Å². The number of fused-ring (bicyclic) bond motifs is 4. The highest BCUT2D eigenvalue weighted by Gasteiger charge is 2.66. The number of aliphatic hydroxyl groups is 5. The number of rotatable bonds is 8. The maximum atomic E-state index is 12.8. The highest BCUT2D eigenvalue weighted by Crippen LogP contribution is 2.73. The molecule has 1 aliphatic heterocycles. The van der Waals surface area contributed by atoms with Crippen molar-refractivity contribution < 1.29 is 44.9 Å². The number of carboxylic acid groups (broad SMARTS) is 1. The quantitative estimate of drug-likeness (QED) is 0.214. The van der Waals surface area contributed by atoms with Crippen molar-refractivity contribution in [3.63, 3.8) is 0 Å². The predicted molar refractivity (Wildman–Crippen MR) is 169 cm³/mol. The van der Waals surface area contributed by atoms with Gasteiger partial charge in [0.25, 0.3) is 0 Å². The van der Waals surface area contributed by atoms with Crippen molar-refractivity contribution in [2.75, 3.05) is 6.61 Å². The van der Waals surface area contributed by atoms with E-state index in [9.17, 15) is 35.4 Å². The van der Waals surface area contributed by atoms with E-state index in [-0.39, 0.29) is 28.1 Å². The molecule has 3 fully saturated rings. The van der Waals surface area contributed by atoms with Crippen LogP contribution in [0.1, 0.15) is 106 Å². The number of allylic oxidation sites excluding steroid dienone is 3. The van der Waals surface area contributed by atoms with Gasteiger partial charge in [-0.05, 0) is 111 Å². The molecule has 1 saturated heterocycles. The Hall–Kier alpha value is -1.33. The molecule has 5 aliphatic rings. The van der Waals surface area contributed by atoms with Crippen LogP contribution in [0.3, 0.4) is 0 Å². The molecule has 0 bridgehead atoms. The molecule has 0 aromatic rings. The fourth-order valence-corrected chi connectivity index (χ4v) is 10.8. The maximum absolute atomic E-state index is 12.8. The molecule has 0 amide bonds. The summed E-state index contributed by atoms with van der Waals surface area (Å²) >= 11 is 0. The van der Waals surface area contributed by atoms with E-state index in [0.717, 1.165) is 38.5 Å². The van der Waals surface area contributed by atoms with Gasteiger partial charge in [0, 0.05) is 0 Å². The van der Waals surface area contributed by atoms with E-state index in [1.807, 2.05) is 13.8 Å². The molecule has 4 aliphatic carbocycles. The van der Waals surface area contributed by atoms with Crippen LogP contribution in [0.2, 0.25) is 0 Å². The van der Waals surface area contributed by atoms with Crippen LogP contribution in [0.5, 0.6) is 0 Å². The molecule has 0 spiro atoms. The SMILES string of the molecule is CC(C)=CCCC(C(=O)O)C1CCC2(C)C3=C(CCC12C)C1(C)CCC(O)C(C)(C)C1CC3OC1OC(CO)C(O)C(O)C1O. The Morgan fingerprint density at radius 2 is 1.69 bits per heavy atom. The third-order valence-corrected chi connectivity index (χ3v) is 13.8. The van der Waals surface area contributed by atoms with E-state index >= 15 is 0 Å². The first-order valence-electron chi connectivity index (χ1n) is 17.2. The van der Waals surface area contributed by atoms with E-state index < -0.39 is 66.8 Å². The minimum atomic E-state index is -1.55. The minimum Gasteiger partial charge on any atom is -0.481 e. The molecule has 6 N–H and O–H groups in total. The molecule has 13 unspecified atom stereocenters. The van der Waals surface area contributed by atoms with Crippen molar-refractivity contribution in [1.29, 1.82) is 0 Å². The topological polar surface area (TPSA) is 157 Å². The summed E-state index contributed by atoms with van der Waals surface area (Å²) in [6.07, 6.45) is 1.01. The summed E-state index contributed by atoms with van der Waals surface area (Å²) < 4.78 is 12.6. The van der Waals surface area contributed by atoms with E-state index in [0.29, 0.717) is 19.3 Å². The van der Waals surface area contributed by atoms with Crippen molar-refractivity contribution in [3.8, 4) is 0 Å². The lowest BCUT2D eigenvalue weighted by Gasteiger charge is -2.63. The Labute approximate surface area is 268 Å². The average Bonchev–Trinajstić information content (AvgIpc) is 3.24. The third-order valence-electron chi connectivity index (χ3n) is 13.8. The van der Waals surface area contributed by atoms with Gasteiger partial charge in [-0.2, -0.15) is 0 Å². The second-order valence-corrected chi connectivity index (χ2v) is 16.5. The van der Waals surface area contributed by atoms with E-state index in [1.54, 1.807) is 0 Å². The summed E-state index contributed by atoms with van der Waals surface area (Å²) in [6, 6.07) is 0. The lowest BCUT2D eigenvalue weighted by molar-refractivity contribution is -0.313. The Morgan fingerprint density at radius 1 is 1.00 bits per heavy atom. The van der Waals surface area contributed by atoms with Crippen LogP contribution in [0.15, 0.2) is 22.8 Å². The molecule has 13 atom stereocenters. The predicted octanol–water partition coefficient (Wildman–Crippen LogP) is 4.34. The second kappa shape index (κ2) is 12.3. The van der Waals surface area contributed by atoms with Crippen molar-refractivity contribution in [2.45, 2.75) is 149 Å². The van der Waals surface area contributed by atoms with Crippen LogP contribution in [0.4, 0.5) is 0 Å². The third kappa shape index (κ3) is 5.46. The Kier molecular flexibility index (Phi) is 9.55. The smallest absolute Gasteiger partial charge is 0.306 e. The fraction of sp³-hybridized carbons (Fsp3) is 0.861. The zero-order valence-corrected chi connectivity index (χ0v) is 28.3. The largest absolute Gasteiger partial charge is 0.481 e. The van der Waals surface area contributed by atoms with Gasteiger partial charge in [0.2, 0.25) is 0 Å². The molecular weight excluding hydrogens is 576 g/mol. The van der Waals surface area contributed by atoms with Crippen LogP contribution in [0.25, 0.3) is 0 Å². The molecule has 0 radical (unpaired) electrons. The van der Waals surface area contributed by atoms with Gasteiger partial charge in [-0.25, -0.2) is 0 Å². The van der Waals surface area contributed by atoms with Crippen LogP contribution in [0, 0.1) is 39.4 Å². The summed E-state index contributed by atoms with van der Waals surface area (Å²) in [6.45, 7) is 14.7. The molecule has 45 heavy (non-hydrogen) atoms. The van der Waals surface area contributed by atoms with Gasteiger partial charge in [-0.15, -0.1) is 0 Å². The average molecular weight is 635 g/mol. The monoisotopic (exact) mass is 634 g/mol. The van der Waals surface area contributed by atoms with Crippen LogP contribution in [-0.2, 0) is 14.3 Å². The van der Waals surface area contributed by atoms with E-state index in [2.05, 4.69) is 40.7 Å². The van der Waals surface area contributed by atoms with Crippen molar-refractivity contribution >= 4 is 5.97 Å². The van der Waals surface area contributed by atoms with Gasteiger partial charge in [-0.1, -0.05) is 51.8 Å². The Morgan fingerprint density at radius 3 is 2.31 bits per heavy atom. The molecule has 9 heteroatoms. The van der Waals surface area contributed by atoms with Crippen molar-refractivity contribution in [1.82, 2.24) is 0 Å². The van der Waals surface area contributed by atoms with Gasteiger partial charge >= 0.3 is 5.97 Å². The second-order valence-electron chi connectivity index (χ2n) is 16.5. The van der Waals surface area contributed by atoms with E-state index in [1.165, 1.54) is 16.7 Å². The first-order chi connectivity index (χ1) is 20.9. The molecule has 256 valence electrons. The number of aliphatic hydroxyl groups excluding tert-OH is 5. The van der Waals surface area contributed by atoms with E-state index in [4.69, 9.17) is 9.47 Å². The molecule has 0 aromatic heterocycles. The maximum Gasteiger partial charge on any atom is 0.306 e. The van der Waals surface area contributed by atoms with Crippen LogP contribution in [-0.4, -0.2) is 86.1 Å². The van der Waals surface area contributed by atoms with Gasteiger partial charge < -0.3 is 40.1 Å². The summed E-state index contributed by atoms with van der Waals surface area (Å²) in [5.41, 5.74) is 2.45. The molecule has 1 heterocycles. The minimum absolute atomic E-state index is 0.0114. The number of carbonyl (C=O) groups is 1. The first kappa shape index (κ1) is 35.0. The Balaban J connectivity index is 1.59. The Bertz CT molecular complexity index is 1190. The van der Waals surface area contributed by atoms with Crippen LogP contribution < -0.4 is 0 Å². The van der Waals surface area contributed by atoms with Gasteiger partial charge in [-0.3, -0.25) is 4.79 Å². The lowest BCUT2D eigenvalue weighted by Crippen LogP contribution is -2.62. The first-order valence-corrected chi connectivity index (χ1v) is 17.2. The van der Waals surface area contributed by atoms with Crippen LogP contribution >= 0.6 is 0 Å². The molecular formula is C36H58O9. The number of ether oxygens (including phenoxy) is 2. The summed E-state index contributed by atoms with van der Waals surface area (Å²) in [7, 11) is 0. The zero-order chi connectivity index (χ0) is 33.3. The van der Waals surface area contributed by atoms with Gasteiger partial charge in [0.05, 0.1) is 24.7 Å². The normalized spacial score (nSPS) is 46.5. The highest BCUT2D eigenvalue weighted by atomic mass is 16.7.